The van der Waals surface area contributed by atoms with Crippen molar-refractivity contribution in [3.63, 3.8) is 0 Å². The van der Waals surface area contributed by atoms with E-state index in [1.165, 1.54) is 17.3 Å². The monoisotopic (exact) mass is 426 g/mol. The van der Waals surface area contributed by atoms with Gasteiger partial charge in [-0.2, -0.15) is 0 Å². The fourth-order valence-electron chi connectivity index (χ4n) is 3.32. The molecule has 0 saturated carbocycles. The Morgan fingerprint density at radius 1 is 1.21 bits per heavy atom. The van der Waals surface area contributed by atoms with Crippen LogP contribution in [0.4, 0.5) is 0 Å². The van der Waals surface area contributed by atoms with Gasteiger partial charge < -0.3 is 10.1 Å². The Morgan fingerprint density at radius 3 is 2.69 bits per heavy atom. The lowest BCUT2D eigenvalue weighted by molar-refractivity contribution is -0.138. The molecule has 1 aromatic heterocycles. The van der Waals surface area contributed by atoms with Gasteiger partial charge in [-0.1, -0.05) is 36.4 Å². The second-order valence-corrected chi connectivity index (χ2v) is 9.13. The zero-order chi connectivity index (χ0) is 20.5. The standard InChI is InChI=1S/C21H18N2O4S2/c1-12(13-6-3-2-4-7-13)29-15-9-5-8-14(10-15)23-19(24)17-16(20(25)26)11-28-18(17)22-21(23)27/h2-10,12,16H,11H2,1H3,(H,22,27)(H,25,26). The highest BCUT2D eigenvalue weighted by molar-refractivity contribution is 7.99. The van der Waals surface area contributed by atoms with E-state index in [0.29, 0.717) is 10.7 Å². The molecule has 0 amide bonds. The summed E-state index contributed by atoms with van der Waals surface area (Å²) in [6.45, 7) is 2.09. The molecule has 0 saturated heterocycles. The Morgan fingerprint density at radius 2 is 1.97 bits per heavy atom. The summed E-state index contributed by atoms with van der Waals surface area (Å²) in [4.78, 5) is 40.7. The number of hydrogen-bond donors (Lipinski definition) is 2. The van der Waals surface area contributed by atoms with E-state index in [1.54, 1.807) is 30.0 Å². The first-order valence-corrected chi connectivity index (χ1v) is 10.9. The number of aliphatic carboxylic acids is 1. The van der Waals surface area contributed by atoms with Crippen LogP contribution in [0.25, 0.3) is 5.69 Å². The minimum absolute atomic E-state index is 0.151. The summed E-state index contributed by atoms with van der Waals surface area (Å²) in [7, 11) is 0. The fourth-order valence-corrected chi connectivity index (χ4v) is 5.56. The van der Waals surface area contributed by atoms with Crippen molar-refractivity contribution in [3.8, 4) is 5.69 Å². The first kappa shape index (κ1) is 19.6. The van der Waals surface area contributed by atoms with Gasteiger partial charge in [-0.15, -0.1) is 23.5 Å². The predicted octanol–water partition coefficient (Wildman–Crippen LogP) is 3.65. The number of carboxylic acids is 1. The molecular formula is C21H18N2O4S2. The molecule has 8 heteroatoms. The molecule has 0 bridgehead atoms. The Balaban J connectivity index is 1.73. The second-order valence-electron chi connectivity index (χ2n) is 6.68. The van der Waals surface area contributed by atoms with E-state index in [0.717, 1.165) is 9.46 Å². The molecule has 4 rings (SSSR count). The first-order chi connectivity index (χ1) is 14.0. The number of rotatable bonds is 5. The summed E-state index contributed by atoms with van der Waals surface area (Å²) in [5, 5.41) is 9.95. The van der Waals surface area contributed by atoms with Crippen molar-refractivity contribution in [2.75, 3.05) is 5.75 Å². The minimum atomic E-state index is -1.06. The van der Waals surface area contributed by atoms with Crippen molar-refractivity contribution in [3.05, 3.63) is 86.6 Å². The maximum atomic E-state index is 13.0. The van der Waals surface area contributed by atoms with Crippen molar-refractivity contribution in [1.82, 2.24) is 9.55 Å². The molecule has 1 aliphatic heterocycles. The van der Waals surface area contributed by atoms with Crippen LogP contribution < -0.4 is 11.2 Å². The highest BCUT2D eigenvalue weighted by atomic mass is 32.2. The van der Waals surface area contributed by atoms with Crippen molar-refractivity contribution in [1.29, 1.82) is 0 Å². The largest absolute Gasteiger partial charge is 0.481 e. The summed E-state index contributed by atoms with van der Waals surface area (Å²) < 4.78 is 1.03. The van der Waals surface area contributed by atoms with Gasteiger partial charge in [0.2, 0.25) is 0 Å². The minimum Gasteiger partial charge on any atom is -0.481 e. The van der Waals surface area contributed by atoms with E-state index >= 15 is 0 Å². The van der Waals surface area contributed by atoms with E-state index in [1.807, 2.05) is 24.3 Å². The summed E-state index contributed by atoms with van der Waals surface area (Å²) in [5.41, 5.74) is 0.616. The molecule has 2 N–H and O–H groups in total. The Hall–Kier alpha value is -2.71. The number of nitrogens with zero attached hydrogens (tertiary/aromatic N) is 1. The number of nitrogens with one attached hydrogen (secondary N) is 1. The Bertz CT molecular complexity index is 1190. The molecule has 2 heterocycles. The zero-order valence-corrected chi connectivity index (χ0v) is 17.1. The average Bonchev–Trinajstić information content (AvgIpc) is 3.13. The molecule has 2 aromatic carbocycles. The van der Waals surface area contributed by atoms with Crippen LogP contribution in [-0.4, -0.2) is 26.4 Å². The number of hydrogen-bond acceptors (Lipinski definition) is 5. The van der Waals surface area contributed by atoms with Crippen molar-refractivity contribution < 1.29 is 9.90 Å². The molecular weight excluding hydrogens is 408 g/mol. The molecule has 29 heavy (non-hydrogen) atoms. The van der Waals surface area contributed by atoms with E-state index in [-0.39, 0.29) is 16.6 Å². The van der Waals surface area contributed by atoms with E-state index in [9.17, 15) is 19.5 Å². The number of fused-ring (bicyclic) bond motifs is 1. The van der Waals surface area contributed by atoms with Crippen LogP contribution >= 0.6 is 23.5 Å². The third-order valence-electron chi connectivity index (χ3n) is 4.80. The van der Waals surface area contributed by atoms with Crippen LogP contribution in [0.3, 0.4) is 0 Å². The van der Waals surface area contributed by atoms with Gasteiger partial charge in [0.25, 0.3) is 5.56 Å². The number of aromatic amines is 1. The predicted molar refractivity (Wildman–Crippen MR) is 114 cm³/mol. The van der Waals surface area contributed by atoms with E-state index in [2.05, 4.69) is 24.0 Å². The summed E-state index contributed by atoms with van der Waals surface area (Å²) in [5.74, 6) is -1.74. The van der Waals surface area contributed by atoms with E-state index in [4.69, 9.17) is 0 Å². The summed E-state index contributed by atoms with van der Waals surface area (Å²) >= 11 is 2.81. The Labute approximate surface area is 175 Å². The maximum Gasteiger partial charge on any atom is 0.333 e. The lowest BCUT2D eigenvalue weighted by Crippen LogP contribution is -2.37. The second kappa shape index (κ2) is 7.96. The maximum absolute atomic E-state index is 13.0. The van der Waals surface area contributed by atoms with Crippen molar-refractivity contribution >= 4 is 29.5 Å². The van der Waals surface area contributed by atoms with Crippen LogP contribution in [0.5, 0.6) is 0 Å². The lowest BCUT2D eigenvalue weighted by atomic mass is 10.1. The van der Waals surface area contributed by atoms with Crippen LogP contribution in [-0.2, 0) is 4.79 Å². The molecule has 6 nitrogen and oxygen atoms in total. The molecule has 148 valence electrons. The highest BCUT2D eigenvalue weighted by Gasteiger charge is 2.34. The third-order valence-corrected chi connectivity index (χ3v) is 7.06. The zero-order valence-electron chi connectivity index (χ0n) is 15.5. The summed E-state index contributed by atoms with van der Waals surface area (Å²) in [6, 6.07) is 17.2. The lowest BCUT2D eigenvalue weighted by Gasteiger charge is -2.13. The number of H-pyrrole nitrogens is 1. The molecule has 1 aliphatic rings. The van der Waals surface area contributed by atoms with Crippen molar-refractivity contribution in [2.24, 2.45) is 0 Å². The average molecular weight is 427 g/mol. The van der Waals surface area contributed by atoms with Crippen molar-refractivity contribution in [2.45, 2.75) is 28.0 Å². The molecule has 3 aromatic rings. The third kappa shape index (κ3) is 3.77. The number of carbonyl (C=O) groups is 1. The smallest absolute Gasteiger partial charge is 0.333 e. The van der Waals surface area contributed by atoms with Gasteiger partial charge in [-0.25, -0.2) is 9.36 Å². The SMILES string of the molecule is CC(Sc1cccc(-n2c(=O)[nH]c3c(c2=O)C(C(=O)O)CS3)c1)c1ccccc1. The van der Waals surface area contributed by atoms with Crippen LogP contribution in [0.2, 0.25) is 0 Å². The van der Waals surface area contributed by atoms with Gasteiger partial charge in [0, 0.05) is 15.9 Å². The van der Waals surface area contributed by atoms with Gasteiger partial charge in [0.05, 0.1) is 22.2 Å². The van der Waals surface area contributed by atoms with Gasteiger partial charge in [0.1, 0.15) is 0 Å². The molecule has 0 radical (unpaired) electrons. The van der Waals surface area contributed by atoms with Gasteiger partial charge in [0.15, 0.2) is 0 Å². The number of thioether (sulfide) groups is 2. The van der Waals surface area contributed by atoms with Gasteiger partial charge in [-0.3, -0.25) is 9.59 Å². The number of aromatic nitrogens is 2. The number of carboxylic acid groups (broad SMARTS) is 1. The Kier molecular flexibility index (Phi) is 5.38. The highest BCUT2D eigenvalue weighted by Crippen LogP contribution is 2.36. The van der Waals surface area contributed by atoms with Crippen LogP contribution in [0, 0.1) is 0 Å². The molecule has 2 unspecified atom stereocenters. The van der Waals surface area contributed by atoms with Crippen LogP contribution in [0.1, 0.15) is 29.2 Å². The molecule has 0 aliphatic carbocycles. The number of benzene rings is 2. The molecule has 0 fully saturated rings. The van der Waals surface area contributed by atoms with E-state index < -0.39 is 23.1 Å². The summed E-state index contributed by atoms with van der Waals surface area (Å²) in [6.07, 6.45) is 0. The fraction of sp³-hybridized carbons (Fsp3) is 0.190. The molecule has 2 atom stereocenters. The van der Waals surface area contributed by atoms with Gasteiger partial charge in [-0.05, 0) is 30.7 Å². The van der Waals surface area contributed by atoms with Crippen LogP contribution in [0.15, 0.2) is 74.1 Å². The normalized spacial score (nSPS) is 16.4. The topological polar surface area (TPSA) is 92.2 Å². The molecule has 0 spiro atoms. The quantitative estimate of drug-likeness (QED) is 0.478. The first-order valence-electron chi connectivity index (χ1n) is 9.02. The van der Waals surface area contributed by atoms with Gasteiger partial charge >= 0.3 is 11.7 Å².